The molecule has 27 heavy (non-hydrogen) atoms. The van der Waals surface area contributed by atoms with Gasteiger partial charge in [0.15, 0.2) is 5.96 Å². The van der Waals surface area contributed by atoms with Gasteiger partial charge in [0.25, 0.3) is 0 Å². The Balaban J connectivity index is 0.00000261. The van der Waals surface area contributed by atoms with Crippen molar-refractivity contribution in [2.24, 2.45) is 10.4 Å². The third kappa shape index (κ3) is 5.85. The molecular weight excluding hydrogens is 451 g/mol. The largest absolute Gasteiger partial charge is 0.385 e. The second-order valence-electron chi connectivity index (χ2n) is 7.33. The summed E-state index contributed by atoms with van der Waals surface area (Å²) in [4.78, 5) is 8.22. The lowest BCUT2D eigenvalue weighted by atomic mass is 9.67. The zero-order valence-corrected chi connectivity index (χ0v) is 18.8. The molecule has 1 saturated carbocycles. The number of ether oxygens (including phenoxy) is 1. The van der Waals surface area contributed by atoms with Gasteiger partial charge in [0.1, 0.15) is 0 Å². The minimum absolute atomic E-state index is 0. The summed E-state index contributed by atoms with van der Waals surface area (Å²) in [6.45, 7) is 5.59. The molecule has 1 aliphatic rings. The fraction of sp³-hybridized carbons (Fsp3) is 0.571. The average Bonchev–Trinajstić information content (AvgIpc) is 3.04. The summed E-state index contributed by atoms with van der Waals surface area (Å²) in [5.74, 6) is 0.927. The Kier molecular flexibility index (Phi) is 8.89. The van der Waals surface area contributed by atoms with Crippen molar-refractivity contribution in [1.29, 1.82) is 0 Å². The summed E-state index contributed by atoms with van der Waals surface area (Å²) in [7, 11) is 1.78. The molecule has 150 valence electrons. The Hall–Kier alpha value is -1.28. The van der Waals surface area contributed by atoms with E-state index in [2.05, 4.69) is 53.0 Å². The summed E-state index contributed by atoms with van der Waals surface area (Å²) < 4.78 is 5.29. The van der Waals surface area contributed by atoms with Crippen LogP contribution in [0, 0.1) is 5.41 Å². The summed E-state index contributed by atoms with van der Waals surface area (Å²) in [5.41, 5.74) is 2.91. The molecule has 1 fully saturated rings. The minimum Gasteiger partial charge on any atom is -0.385 e. The zero-order chi connectivity index (χ0) is 18.2. The highest BCUT2D eigenvalue weighted by Gasteiger charge is 2.36. The van der Waals surface area contributed by atoms with Crippen molar-refractivity contribution in [3.8, 4) is 0 Å². The number of para-hydroxylation sites is 1. The Morgan fingerprint density at radius 2 is 2.07 bits per heavy atom. The minimum atomic E-state index is 0. The van der Waals surface area contributed by atoms with Gasteiger partial charge in [0.2, 0.25) is 0 Å². The van der Waals surface area contributed by atoms with Gasteiger partial charge in [-0.05, 0) is 49.7 Å². The molecule has 1 aromatic carbocycles. The highest BCUT2D eigenvalue weighted by molar-refractivity contribution is 14.0. The lowest BCUT2D eigenvalue weighted by molar-refractivity contribution is 0.0778. The highest BCUT2D eigenvalue weighted by Crippen LogP contribution is 2.44. The SMILES string of the molecule is CCNC(=NCC1(CCOC)CCC1)NCCc1c[nH]c2ccccc12.I. The quantitative estimate of drug-likeness (QED) is 0.286. The first-order chi connectivity index (χ1) is 12.8. The maximum absolute atomic E-state index is 5.29. The number of hydrogen-bond acceptors (Lipinski definition) is 2. The van der Waals surface area contributed by atoms with Crippen LogP contribution in [0.1, 0.15) is 38.2 Å². The maximum Gasteiger partial charge on any atom is 0.191 e. The molecule has 1 aromatic heterocycles. The van der Waals surface area contributed by atoms with Crippen LogP contribution in [0.15, 0.2) is 35.5 Å². The molecule has 0 unspecified atom stereocenters. The smallest absolute Gasteiger partial charge is 0.191 e. The topological polar surface area (TPSA) is 61.4 Å². The van der Waals surface area contributed by atoms with Crippen LogP contribution in [-0.2, 0) is 11.2 Å². The van der Waals surface area contributed by atoms with Crippen LogP contribution >= 0.6 is 24.0 Å². The molecule has 1 aliphatic carbocycles. The summed E-state index contributed by atoms with van der Waals surface area (Å²) in [6.07, 6.45) is 8.07. The molecule has 6 heteroatoms. The molecule has 1 heterocycles. The van der Waals surface area contributed by atoms with Crippen molar-refractivity contribution in [3.05, 3.63) is 36.0 Å². The van der Waals surface area contributed by atoms with E-state index >= 15 is 0 Å². The first-order valence-corrected chi connectivity index (χ1v) is 9.82. The van der Waals surface area contributed by atoms with Gasteiger partial charge in [-0.1, -0.05) is 24.6 Å². The number of aromatic amines is 1. The van der Waals surface area contributed by atoms with E-state index in [-0.39, 0.29) is 24.0 Å². The molecule has 3 N–H and O–H groups in total. The Morgan fingerprint density at radius 3 is 2.78 bits per heavy atom. The number of methoxy groups -OCH3 is 1. The van der Waals surface area contributed by atoms with Crippen LogP contribution in [0.3, 0.4) is 0 Å². The van der Waals surface area contributed by atoms with E-state index in [1.807, 2.05) is 0 Å². The number of rotatable bonds is 9. The van der Waals surface area contributed by atoms with Gasteiger partial charge < -0.3 is 20.4 Å². The van der Waals surface area contributed by atoms with Crippen molar-refractivity contribution in [2.75, 3.05) is 33.4 Å². The third-order valence-corrected chi connectivity index (χ3v) is 5.53. The Bertz CT molecular complexity index is 724. The molecular formula is C21H33IN4O. The number of halogens is 1. The second kappa shape index (κ2) is 10.9. The normalized spacial score (nSPS) is 15.9. The molecule has 0 aliphatic heterocycles. The van der Waals surface area contributed by atoms with E-state index in [4.69, 9.17) is 9.73 Å². The van der Waals surface area contributed by atoms with Gasteiger partial charge in [-0.25, -0.2) is 0 Å². The zero-order valence-electron chi connectivity index (χ0n) is 16.5. The first-order valence-electron chi connectivity index (χ1n) is 9.82. The highest BCUT2D eigenvalue weighted by atomic mass is 127. The Labute approximate surface area is 179 Å². The van der Waals surface area contributed by atoms with Crippen LogP contribution in [0.4, 0.5) is 0 Å². The van der Waals surface area contributed by atoms with Crippen molar-refractivity contribution < 1.29 is 4.74 Å². The van der Waals surface area contributed by atoms with Crippen LogP contribution < -0.4 is 10.6 Å². The number of benzene rings is 1. The van der Waals surface area contributed by atoms with E-state index in [0.29, 0.717) is 5.41 Å². The number of guanidine groups is 1. The second-order valence-corrected chi connectivity index (χ2v) is 7.33. The fourth-order valence-corrected chi connectivity index (χ4v) is 3.73. The number of nitrogens with zero attached hydrogens (tertiary/aromatic N) is 1. The monoisotopic (exact) mass is 484 g/mol. The maximum atomic E-state index is 5.29. The third-order valence-electron chi connectivity index (χ3n) is 5.53. The van der Waals surface area contributed by atoms with Crippen LogP contribution in [0.25, 0.3) is 10.9 Å². The number of H-pyrrole nitrogens is 1. The van der Waals surface area contributed by atoms with Crippen LogP contribution in [-0.4, -0.2) is 44.3 Å². The predicted octanol–water partition coefficient (Wildman–Crippen LogP) is 4.09. The first kappa shape index (κ1) is 22.0. The standard InChI is InChI=1S/C21H32N4O.HI/c1-3-22-20(25-16-21(10-6-11-21)12-14-26-2)23-13-9-17-15-24-19-8-5-4-7-18(17)19;/h4-5,7-8,15,24H,3,6,9-14,16H2,1-2H3,(H2,22,23,25);1H. The van der Waals surface area contributed by atoms with Gasteiger partial charge in [-0.3, -0.25) is 4.99 Å². The van der Waals surface area contributed by atoms with Gasteiger partial charge in [0.05, 0.1) is 0 Å². The lowest BCUT2D eigenvalue weighted by Gasteiger charge is -2.40. The molecule has 0 saturated heterocycles. The lowest BCUT2D eigenvalue weighted by Crippen LogP contribution is -2.41. The van der Waals surface area contributed by atoms with Gasteiger partial charge in [-0.2, -0.15) is 0 Å². The van der Waals surface area contributed by atoms with Crippen LogP contribution in [0.5, 0.6) is 0 Å². The van der Waals surface area contributed by atoms with E-state index in [1.54, 1.807) is 7.11 Å². The van der Waals surface area contributed by atoms with E-state index in [0.717, 1.165) is 45.0 Å². The number of nitrogens with one attached hydrogen (secondary N) is 3. The molecule has 5 nitrogen and oxygen atoms in total. The average molecular weight is 484 g/mol. The van der Waals surface area contributed by atoms with E-state index in [9.17, 15) is 0 Å². The van der Waals surface area contributed by atoms with Crippen molar-refractivity contribution in [1.82, 2.24) is 15.6 Å². The fourth-order valence-electron chi connectivity index (χ4n) is 3.73. The summed E-state index contributed by atoms with van der Waals surface area (Å²) in [5, 5.41) is 8.18. The molecule has 0 bridgehead atoms. The summed E-state index contributed by atoms with van der Waals surface area (Å²) >= 11 is 0. The van der Waals surface area contributed by atoms with Crippen molar-refractivity contribution in [3.63, 3.8) is 0 Å². The van der Waals surface area contributed by atoms with Gasteiger partial charge >= 0.3 is 0 Å². The molecule has 0 radical (unpaired) electrons. The molecule has 3 rings (SSSR count). The van der Waals surface area contributed by atoms with Crippen molar-refractivity contribution >= 4 is 40.8 Å². The van der Waals surface area contributed by atoms with E-state index in [1.165, 1.54) is 35.7 Å². The molecule has 0 spiro atoms. The molecule has 0 amide bonds. The van der Waals surface area contributed by atoms with Gasteiger partial charge in [-0.15, -0.1) is 24.0 Å². The molecule has 0 atom stereocenters. The number of hydrogen-bond donors (Lipinski definition) is 3. The van der Waals surface area contributed by atoms with Crippen LogP contribution in [0.2, 0.25) is 0 Å². The number of fused-ring (bicyclic) bond motifs is 1. The summed E-state index contributed by atoms with van der Waals surface area (Å²) in [6, 6.07) is 8.46. The number of aliphatic imine (C=N–C) groups is 1. The van der Waals surface area contributed by atoms with Gasteiger partial charge in [0, 0.05) is 50.5 Å². The van der Waals surface area contributed by atoms with Crippen molar-refractivity contribution in [2.45, 2.75) is 39.0 Å². The number of aromatic nitrogens is 1. The Morgan fingerprint density at radius 1 is 1.26 bits per heavy atom. The van der Waals surface area contributed by atoms with E-state index < -0.39 is 0 Å². The molecule has 2 aromatic rings. The predicted molar refractivity (Wildman–Crippen MR) is 124 cm³/mol.